The third-order valence-electron chi connectivity index (χ3n) is 3.95. The van der Waals surface area contributed by atoms with Crippen LogP contribution in [0.2, 0.25) is 5.02 Å². The van der Waals surface area contributed by atoms with Gasteiger partial charge >= 0.3 is 12.6 Å². The topological polar surface area (TPSA) is 57.9 Å². The van der Waals surface area contributed by atoms with Crippen LogP contribution in [0.1, 0.15) is 31.1 Å². The normalized spacial score (nSPS) is 11.7. The summed E-state index contributed by atoms with van der Waals surface area (Å²) in [6, 6.07) is 7.94. The Morgan fingerprint density at radius 3 is 2.45 bits per heavy atom. The van der Waals surface area contributed by atoms with Crippen molar-refractivity contribution in [2.24, 2.45) is 0 Å². The van der Waals surface area contributed by atoms with Gasteiger partial charge in [-0.1, -0.05) is 11.6 Å². The lowest BCUT2D eigenvalue weighted by Gasteiger charge is -2.22. The number of hydrogen-bond acceptors (Lipinski definition) is 5. The molecule has 0 atom stereocenters. The zero-order chi connectivity index (χ0) is 21.3. The first kappa shape index (κ1) is 20.9. The molecule has 1 aromatic heterocycles. The Kier molecular flexibility index (Phi) is 5.71. The second-order valence-electron chi connectivity index (χ2n) is 7.22. The summed E-state index contributed by atoms with van der Waals surface area (Å²) >= 11 is 5.98. The molecule has 0 unspecified atom stereocenters. The fourth-order valence-corrected chi connectivity index (χ4v) is 3.01. The molecule has 3 rings (SSSR count). The maximum Gasteiger partial charge on any atom is 0.387 e. The monoisotopic (exact) mass is 424 g/mol. The zero-order valence-electron chi connectivity index (χ0n) is 16.2. The fourth-order valence-electron chi connectivity index (χ4n) is 2.85. The van der Waals surface area contributed by atoms with E-state index in [9.17, 15) is 13.6 Å². The molecule has 154 valence electrons. The molecule has 2 aromatic carbocycles. The summed E-state index contributed by atoms with van der Waals surface area (Å²) in [7, 11) is 1.33. The summed E-state index contributed by atoms with van der Waals surface area (Å²) in [5.74, 6) is -1.15. The van der Waals surface area contributed by atoms with E-state index in [1.807, 2.05) is 0 Å². The standard InChI is InChI=1S/C21H19ClF2O5/c1-21(2,3)29-19(25)18-16(26-4)7-11(8-17(18)28-20(23)24)14-10-27-15-9-12(22)5-6-13(14)15/h5-10,20H,1-4H3. The van der Waals surface area contributed by atoms with Gasteiger partial charge in [0, 0.05) is 22.0 Å². The van der Waals surface area contributed by atoms with Crippen LogP contribution in [0.3, 0.4) is 0 Å². The number of esters is 1. The van der Waals surface area contributed by atoms with E-state index in [4.69, 9.17) is 25.5 Å². The predicted molar refractivity (Wildman–Crippen MR) is 105 cm³/mol. The largest absolute Gasteiger partial charge is 0.496 e. The van der Waals surface area contributed by atoms with Crippen LogP contribution < -0.4 is 9.47 Å². The number of alkyl halides is 2. The summed E-state index contributed by atoms with van der Waals surface area (Å²) in [6.45, 7) is 1.86. The highest BCUT2D eigenvalue weighted by Gasteiger charge is 2.28. The summed E-state index contributed by atoms with van der Waals surface area (Å²) in [4.78, 5) is 12.6. The molecule has 0 fully saturated rings. The molecule has 0 aliphatic heterocycles. The van der Waals surface area contributed by atoms with E-state index in [1.54, 1.807) is 39.0 Å². The van der Waals surface area contributed by atoms with Crippen LogP contribution in [0.5, 0.6) is 11.5 Å². The average Bonchev–Trinajstić information content (AvgIpc) is 3.01. The smallest absolute Gasteiger partial charge is 0.387 e. The van der Waals surface area contributed by atoms with Crippen LogP contribution in [0.4, 0.5) is 8.78 Å². The van der Waals surface area contributed by atoms with E-state index in [-0.39, 0.29) is 17.1 Å². The van der Waals surface area contributed by atoms with E-state index in [2.05, 4.69) is 4.74 Å². The van der Waals surface area contributed by atoms with E-state index in [0.29, 0.717) is 27.1 Å². The van der Waals surface area contributed by atoms with Gasteiger partial charge in [0.1, 0.15) is 28.2 Å². The van der Waals surface area contributed by atoms with Crippen molar-refractivity contribution in [1.29, 1.82) is 0 Å². The zero-order valence-corrected chi connectivity index (χ0v) is 17.0. The number of ether oxygens (including phenoxy) is 3. The Morgan fingerprint density at radius 1 is 1.14 bits per heavy atom. The molecule has 0 spiro atoms. The first-order chi connectivity index (χ1) is 13.6. The molecular weight excluding hydrogens is 406 g/mol. The number of benzene rings is 2. The minimum atomic E-state index is -3.14. The van der Waals surface area contributed by atoms with Crippen molar-refractivity contribution >= 4 is 28.5 Å². The van der Waals surface area contributed by atoms with Crippen molar-refractivity contribution in [2.75, 3.05) is 7.11 Å². The summed E-state index contributed by atoms with van der Waals surface area (Å²) < 4.78 is 46.9. The molecule has 0 aliphatic carbocycles. The number of furan rings is 1. The Balaban J connectivity index is 2.18. The van der Waals surface area contributed by atoms with Crippen LogP contribution in [0.25, 0.3) is 22.1 Å². The number of carbonyl (C=O) groups is 1. The van der Waals surface area contributed by atoms with Gasteiger partial charge in [-0.25, -0.2) is 4.79 Å². The van der Waals surface area contributed by atoms with Gasteiger partial charge in [-0.05, 0) is 50.6 Å². The first-order valence-corrected chi connectivity index (χ1v) is 9.04. The highest BCUT2D eigenvalue weighted by molar-refractivity contribution is 6.31. The van der Waals surface area contributed by atoms with Crippen molar-refractivity contribution in [3.63, 3.8) is 0 Å². The van der Waals surface area contributed by atoms with Crippen LogP contribution in [0.15, 0.2) is 41.0 Å². The van der Waals surface area contributed by atoms with E-state index >= 15 is 0 Å². The van der Waals surface area contributed by atoms with Gasteiger partial charge in [0.2, 0.25) is 0 Å². The van der Waals surface area contributed by atoms with E-state index in [0.717, 1.165) is 0 Å². The molecule has 0 N–H and O–H groups in total. The van der Waals surface area contributed by atoms with Crippen molar-refractivity contribution in [3.05, 3.63) is 47.2 Å². The van der Waals surface area contributed by atoms with Crippen molar-refractivity contribution < 1.29 is 32.2 Å². The van der Waals surface area contributed by atoms with Crippen molar-refractivity contribution in [1.82, 2.24) is 0 Å². The van der Waals surface area contributed by atoms with Crippen LogP contribution in [0, 0.1) is 0 Å². The van der Waals surface area contributed by atoms with E-state index < -0.39 is 18.2 Å². The minimum Gasteiger partial charge on any atom is -0.496 e. The number of halogens is 3. The van der Waals surface area contributed by atoms with Crippen LogP contribution >= 0.6 is 11.6 Å². The highest BCUT2D eigenvalue weighted by atomic mass is 35.5. The average molecular weight is 425 g/mol. The van der Waals surface area contributed by atoms with Crippen molar-refractivity contribution in [2.45, 2.75) is 33.0 Å². The third-order valence-corrected chi connectivity index (χ3v) is 4.19. The summed E-state index contributed by atoms with van der Waals surface area (Å²) in [6.07, 6.45) is 1.47. The number of rotatable bonds is 5. The SMILES string of the molecule is COc1cc(-c2coc3cc(Cl)ccc23)cc(OC(F)F)c1C(=O)OC(C)(C)C. The molecule has 29 heavy (non-hydrogen) atoms. The summed E-state index contributed by atoms with van der Waals surface area (Å²) in [5.41, 5.74) is 0.542. The van der Waals surface area contributed by atoms with Gasteiger partial charge in [0.15, 0.2) is 0 Å². The Morgan fingerprint density at radius 2 is 1.83 bits per heavy atom. The molecule has 3 aromatic rings. The quantitative estimate of drug-likeness (QED) is 0.448. The Hall–Kier alpha value is -2.80. The molecule has 1 heterocycles. The third kappa shape index (κ3) is 4.62. The number of methoxy groups -OCH3 is 1. The van der Waals surface area contributed by atoms with Crippen LogP contribution in [-0.4, -0.2) is 25.3 Å². The van der Waals surface area contributed by atoms with Gasteiger partial charge in [-0.3, -0.25) is 0 Å². The molecular formula is C21H19ClF2O5. The van der Waals surface area contributed by atoms with Gasteiger partial charge in [0.05, 0.1) is 13.4 Å². The summed E-state index contributed by atoms with van der Waals surface area (Å²) in [5, 5.41) is 1.21. The molecule has 0 saturated heterocycles. The second-order valence-corrected chi connectivity index (χ2v) is 7.66. The van der Waals surface area contributed by atoms with Gasteiger partial charge in [-0.15, -0.1) is 0 Å². The molecule has 0 radical (unpaired) electrons. The van der Waals surface area contributed by atoms with Gasteiger partial charge in [-0.2, -0.15) is 8.78 Å². The lowest BCUT2D eigenvalue weighted by Crippen LogP contribution is -2.25. The first-order valence-electron chi connectivity index (χ1n) is 8.66. The van der Waals surface area contributed by atoms with Gasteiger partial charge in [0.25, 0.3) is 0 Å². The van der Waals surface area contributed by atoms with E-state index in [1.165, 1.54) is 25.5 Å². The van der Waals surface area contributed by atoms with Gasteiger partial charge < -0.3 is 18.6 Å². The molecule has 8 heteroatoms. The highest BCUT2D eigenvalue weighted by Crippen LogP contribution is 2.40. The lowest BCUT2D eigenvalue weighted by atomic mass is 10.0. The fraction of sp³-hybridized carbons (Fsp3) is 0.286. The number of fused-ring (bicyclic) bond motifs is 1. The number of carbonyl (C=O) groups excluding carboxylic acids is 1. The lowest BCUT2D eigenvalue weighted by molar-refractivity contribution is -0.0509. The minimum absolute atomic E-state index is 0.0377. The maximum atomic E-state index is 13.1. The number of hydrogen-bond donors (Lipinski definition) is 0. The predicted octanol–water partition coefficient (Wildman–Crippen LogP) is 6.32. The maximum absolute atomic E-state index is 13.1. The van der Waals surface area contributed by atoms with Crippen LogP contribution in [-0.2, 0) is 4.74 Å². The molecule has 5 nitrogen and oxygen atoms in total. The molecule has 0 bridgehead atoms. The molecule has 0 aliphatic rings. The molecule has 0 amide bonds. The Bertz CT molecular complexity index is 1050. The van der Waals surface area contributed by atoms with Crippen molar-refractivity contribution in [3.8, 4) is 22.6 Å². The Labute approximate surface area is 171 Å². The molecule has 0 saturated carbocycles. The second kappa shape index (κ2) is 7.91.